The summed E-state index contributed by atoms with van der Waals surface area (Å²) in [4.78, 5) is 19.4. The molecule has 2 heterocycles. The first-order chi connectivity index (χ1) is 13.7. The zero-order chi connectivity index (χ0) is 19.3. The number of piperidine rings is 1. The van der Waals surface area contributed by atoms with Crippen LogP contribution in [0.25, 0.3) is 11.4 Å². The van der Waals surface area contributed by atoms with Crippen LogP contribution in [0.1, 0.15) is 51.3 Å². The zero-order valence-corrected chi connectivity index (χ0v) is 16.6. The molecule has 6 nitrogen and oxygen atoms in total. The molecule has 6 heteroatoms. The van der Waals surface area contributed by atoms with Crippen molar-refractivity contribution in [3.05, 3.63) is 36.2 Å². The second kappa shape index (κ2) is 8.86. The second-order valence-corrected chi connectivity index (χ2v) is 8.39. The normalized spacial score (nSPS) is 24.2. The fraction of sp³-hybridized carbons (Fsp3) is 0.591. The number of rotatable bonds is 5. The maximum atomic E-state index is 12.6. The summed E-state index contributed by atoms with van der Waals surface area (Å²) in [6.45, 7) is 4.74. The van der Waals surface area contributed by atoms with Crippen LogP contribution in [0, 0.1) is 11.8 Å². The highest BCUT2D eigenvalue weighted by Crippen LogP contribution is 2.25. The standard InChI is InChI=1S/C22H30N4O2/c1-16-7-9-19(10-8-16)23-22(27)18-11-13-26(14-12-18)15-20-24-21(25-28-20)17-5-3-2-4-6-17/h2-6,16,18-19H,7-15H2,1H3,(H,23,27). The number of likely N-dealkylation sites (tertiary alicyclic amines) is 1. The highest BCUT2D eigenvalue weighted by atomic mass is 16.5. The summed E-state index contributed by atoms with van der Waals surface area (Å²) in [5.41, 5.74) is 0.963. The third kappa shape index (κ3) is 4.79. The summed E-state index contributed by atoms with van der Waals surface area (Å²) in [5, 5.41) is 7.39. The lowest BCUT2D eigenvalue weighted by Crippen LogP contribution is -2.44. The molecule has 1 N–H and O–H groups in total. The molecular weight excluding hydrogens is 352 g/mol. The van der Waals surface area contributed by atoms with Crippen molar-refractivity contribution in [1.29, 1.82) is 0 Å². The lowest BCUT2D eigenvalue weighted by atomic mass is 9.86. The molecule has 0 atom stereocenters. The van der Waals surface area contributed by atoms with Gasteiger partial charge in [-0.25, -0.2) is 0 Å². The topological polar surface area (TPSA) is 71.3 Å². The molecule has 28 heavy (non-hydrogen) atoms. The molecule has 1 amide bonds. The Hall–Kier alpha value is -2.21. The second-order valence-electron chi connectivity index (χ2n) is 8.39. The van der Waals surface area contributed by atoms with Gasteiger partial charge in [0.1, 0.15) is 0 Å². The van der Waals surface area contributed by atoms with Crippen molar-refractivity contribution in [1.82, 2.24) is 20.4 Å². The largest absolute Gasteiger partial charge is 0.353 e. The number of hydrogen-bond donors (Lipinski definition) is 1. The van der Waals surface area contributed by atoms with Gasteiger partial charge in [0, 0.05) is 17.5 Å². The van der Waals surface area contributed by atoms with Crippen LogP contribution in [-0.4, -0.2) is 40.1 Å². The molecule has 1 saturated heterocycles. The van der Waals surface area contributed by atoms with Gasteiger partial charge in [-0.05, 0) is 57.5 Å². The van der Waals surface area contributed by atoms with Crippen molar-refractivity contribution in [2.75, 3.05) is 13.1 Å². The van der Waals surface area contributed by atoms with Crippen molar-refractivity contribution in [2.45, 2.75) is 58.0 Å². The van der Waals surface area contributed by atoms with Gasteiger partial charge in [0.15, 0.2) is 0 Å². The predicted octanol–water partition coefficient (Wildman–Crippen LogP) is 3.64. The molecule has 0 radical (unpaired) electrons. The Bertz CT molecular complexity index is 760. The summed E-state index contributed by atoms with van der Waals surface area (Å²) in [5.74, 6) is 2.47. The van der Waals surface area contributed by atoms with Gasteiger partial charge in [-0.15, -0.1) is 0 Å². The molecule has 1 aromatic heterocycles. The lowest BCUT2D eigenvalue weighted by molar-refractivity contribution is -0.127. The number of carbonyl (C=O) groups is 1. The zero-order valence-electron chi connectivity index (χ0n) is 16.6. The highest BCUT2D eigenvalue weighted by molar-refractivity contribution is 5.79. The average molecular weight is 383 g/mol. The quantitative estimate of drug-likeness (QED) is 0.855. The maximum Gasteiger partial charge on any atom is 0.241 e. The van der Waals surface area contributed by atoms with Crippen LogP contribution in [-0.2, 0) is 11.3 Å². The Kier molecular flexibility index (Phi) is 6.05. The van der Waals surface area contributed by atoms with E-state index in [1.165, 1.54) is 12.8 Å². The predicted molar refractivity (Wildman–Crippen MR) is 107 cm³/mol. The summed E-state index contributed by atoms with van der Waals surface area (Å²) in [6, 6.07) is 10.2. The molecule has 0 unspecified atom stereocenters. The molecule has 0 bridgehead atoms. The van der Waals surface area contributed by atoms with Crippen LogP contribution in [0.2, 0.25) is 0 Å². The van der Waals surface area contributed by atoms with Gasteiger partial charge < -0.3 is 9.84 Å². The van der Waals surface area contributed by atoms with Crippen molar-refractivity contribution in [3.63, 3.8) is 0 Å². The van der Waals surface area contributed by atoms with Gasteiger partial charge in [-0.3, -0.25) is 9.69 Å². The molecule has 2 aromatic rings. The number of nitrogens with one attached hydrogen (secondary N) is 1. The molecule has 0 spiro atoms. The van der Waals surface area contributed by atoms with E-state index in [0.717, 1.165) is 50.3 Å². The number of aromatic nitrogens is 2. The van der Waals surface area contributed by atoms with Gasteiger partial charge in [0.05, 0.1) is 6.54 Å². The average Bonchev–Trinajstić information content (AvgIpc) is 3.19. The Balaban J connectivity index is 1.23. The Morgan fingerprint density at radius 2 is 1.82 bits per heavy atom. The van der Waals surface area contributed by atoms with Gasteiger partial charge in [0.2, 0.25) is 17.6 Å². The summed E-state index contributed by atoms with van der Waals surface area (Å²) < 4.78 is 5.42. The summed E-state index contributed by atoms with van der Waals surface area (Å²) in [7, 11) is 0. The Labute approximate surface area is 166 Å². The van der Waals surface area contributed by atoms with Gasteiger partial charge >= 0.3 is 0 Å². The third-order valence-corrected chi connectivity index (χ3v) is 6.18. The van der Waals surface area contributed by atoms with E-state index in [2.05, 4.69) is 27.3 Å². The summed E-state index contributed by atoms with van der Waals surface area (Å²) >= 11 is 0. The van der Waals surface area contributed by atoms with Crippen LogP contribution < -0.4 is 5.32 Å². The molecular formula is C22H30N4O2. The van der Waals surface area contributed by atoms with Crippen LogP contribution >= 0.6 is 0 Å². The Morgan fingerprint density at radius 3 is 2.54 bits per heavy atom. The lowest BCUT2D eigenvalue weighted by Gasteiger charge is -2.32. The van der Waals surface area contributed by atoms with Gasteiger partial charge in [-0.2, -0.15) is 4.98 Å². The monoisotopic (exact) mass is 382 g/mol. The van der Waals surface area contributed by atoms with E-state index >= 15 is 0 Å². The minimum absolute atomic E-state index is 0.137. The molecule has 1 aromatic carbocycles. The molecule has 4 rings (SSSR count). The number of hydrogen-bond acceptors (Lipinski definition) is 5. The number of nitrogens with zero attached hydrogens (tertiary/aromatic N) is 3. The molecule has 150 valence electrons. The summed E-state index contributed by atoms with van der Waals surface area (Å²) in [6.07, 6.45) is 6.53. The van der Waals surface area contributed by atoms with E-state index in [0.29, 0.717) is 24.3 Å². The van der Waals surface area contributed by atoms with E-state index in [-0.39, 0.29) is 11.8 Å². The SMILES string of the molecule is CC1CCC(NC(=O)C2CCN(Cc3nc(-c4ccccc4)no3)CC2)CC1. The minimum Gasteiger partial charge on any atom is -0.353 e. The molecule has 2 fully saturated rings. The van der Waals surface area contributed by atoms with Crippen LogP contribution in [0.15, 0.2) is 34.9 Å². The van der Waals surface area contributed by atoms with Crippen molar-refractivity contribution in [2.24, 2.45) is 11.8 Å². The number of carbonyl (C=O) groups excluding carboxylic acids is 1. The van der Waals surface area contributed by atoms with Crippen molar-refractivity contribution >= 4 is 5.91 Å². The minimum atomic E-state index is 0.137. The molecule has 1 aliphatic heterocycles. The van der Waals surface area contributed by atoms with Crippen LogP contribution in [0.5, 0.6) is 0 Å². The molecule has 1 saturated carbocycles. The third-order valence-electron chi connectivity index (χ3n) is 6.18. The van der Waals surface area contributed by atoms with E-state index in [4.69, 9.17) is 4.52 Å². The highest BCUT2D eigenvalue weighted by Gasteiger charge is 2.28. The van der Waals surface area contributed by atoms with Gasteiger partial charge in [0.25, 0.3) is 0 Å². The van der Waals surface area contributed by atoms with E-state index in [9.17, 15) is 4.79 Å². The van der Waals surface area contributed by atoms with Gasteiger partial charge in [-0.1, -0.05) is 42.4 Å². The first-order valence-electron chi connectivity index (χ1n) is 10.6. The first-order valence-corrected chi connectivity index (χ1v) is 10.6. The van der Waals surface area contributed by atoms with E-state index < -0.39 is 0 Å². The van der Waals surface area contributed by atoms with Crippen LogP contribution in [0.4, 0.5) is 0 Å². The maximum absolute atomic E-state index is 12.6. The van der Waals surface area contributed by atoms with E-state index in [1.807, 2.05) is 30.3 Å². The van der Waals surface area contributed by atoms with E-state index in [1.54, 1.807) is 0 Å². The van der Waals surface area contributed by atoms with Crippen LogP contribution in [0.3, 0.4) is 0 Å². The fourth-order valence-corrected chi connectivity index (χ4v) is 4.29. The Morgan fingerprint density at radius 1 is 1.11 bits per heavy atom. The molecule has 1 aliphatic carbocycles. The number of amides is 1. The van der Waals surface area contributed by atoms with Crippen molar-refractivity contribution < 1.29 is 9.32 Å². The smallest absolute Gasteiger partial charge is 0.241 e. The first kappa shape index (κ1) is 19.1. The number of benzene rings is 1. The fourth-order valence-electron chi connectivity index (χ4n) is 4.29. The van der Waals surface area contributed by atoms with Crippen molar-refractivity contribution in [3.8, 4) is 11.4 Å². The molecule has 2 aliphatic rings.